The van der Waals surface area contributed by atoms with Crippen LogP contribution in [-0.2, 0) is 4.74 Å². The Morgan fingerprint density at radius 1 is 1.33 bits per heavy atom. The van der Waals surface area contributed by atoms with E-state index in [0.717, 1.165) is 32.4 Å². The van der Waals surface area contributed by atoms with Crippen LogP contribution in [0.2, 0.25) is 0 Å². The third kappa shape index (κ3) is 4.51. The first-order valence-electron chi connectivity index (χ1n) is 5.69. The van der Waals surface area contributed by atoms with Crippen LogP contribution in [0.3, 0.4) is 0 Å². The van der Waals surface area contributed by atoms with E-state index in [1.54, 1.807) is 4.90 Å². The minimum atomic E-state index is -0.396. The van der Waals surface area contributed by atoms with Gasteiger partial charge in [-0.05, 0) is 27.2 Å². The van der Waals surface area contributed by atoms with Gasteiger partial charge >= 0.3 is 6.09 Å². The molecule has 15 heavy (non-hydrogen) atoms. The predicted molar refractivity (Wildman–Crippen MR) is 58.3 cm³/mol. The number of nitrogens with zero attached hydrogens (tertiary/aromatic N) is 1. The number of hydrogen-bond donors (Lipinski definition) is 1. The fourth-order valence-corrected chi connectivity index (χ4v) is 1.67. The van der Waals surface area contributed by atoms with E-state index >= 15 is 0 Å². The Morgan fingerprint density at radius 3 is 2.60 bits per heavy atom. The van der Waals surface area contributed by atoms with Crippen LogP contribution in [0.1, 0.15) is 40.0 Å². The van der Waals surface area contributed by atoms with Gasteiger partial charge in [0.25, 0.3) is 0 Å². The fourth-order valence-electron chi connectivity index (χ4n) is 1.67. The summed E-state index contributed by atoms with van der Waals surface area (Å²) in [5, 5.41) is 0. The van der Waals surface area contributed by atoms with Crippen molar-refractivity contribution >= 4 is 6.09 Å². The lowest BCUT2D eigenvalue weighted by Crippen LogP contribution is -2.60. The maximum absolute atomic E-state index is 11.8. The zero-order valence-electron chi connectivity index (χ0n) is 10.1. The Labute approximate surface area is 91.8 Å². The molecule has 1 rings (SSSR count). The zero-order chi connectivity index (χ0) is 11.5. The molecule has 1 atom stereocenters. The maximum Gasteiger partial charge on any atom is 0.410 e. The molecule has 1 saturated heterocycles. The molecule has 0 unspecified atom stereocenters. The van der Waals surface area contributed by atoms with Crippen molar-refractivity contribution in [3.05, 3.63) is 0 Å². The second-order valence-corrected chi connectivity index (χ2v) is 5.26. The van der Waals surface area contributed by atoms with E-state index < -0.39 is 5.60 Å². The first-order valence-corrected chi connectivity index (χ1v) is 5.69. The molecule has 0 aromatic rings. The molecule has 0 saturated carbocycles. The van der Waals surface area contributed by atoms with Crippen LogP contribution >= 0.6 is 0 Å². The maximum atomic E-state index is 11.8. The SMILES string of the molecule is CC(C)(C)OC(=O)N1CCC[C@@H]([NH3+])CC1. The molecule has 0 aromatic carbocycles. The number of quaternary nitrogens is 1. The van der Waals surface area contributed by atoms with Gasteiger partial charge in [-0.25, -0.2) is 4.79 Å². The molecule has 4 nitrogen and oxygen atoms in total. The monoisotopic (exact) mass is 215 g/mol. The third-order valence-electron chi connectivity index (χ3n) is 2.50. The molecule has 1 aliphatic heterocycles. The molecule has 0 bridgehead atoms. The average Bonchev–Trinajstić information content (AvgIpc) is 2.26. The molecule has 88 valence electrons. The molecule has 1 heterocycles. The summed E-state index contributed by atoms with van der Waals surface area (Å²) < 4.78 is 5.33. The van der Waals surface area contributed by atoms with Crippen LogP contribution in [0.4, 0.5) is 4.79 Å². The highest BCUT2D eigenvalue weighted by Crippen LogP contribution is 2.13. The number of likely N-dealkylation sites (tertiary alicyclic amines) is 1. The zero-order valence-corrected chi connectivity index (χ0v) is 10.1. The summed E-state index contributed by atoms with van der Waals surface area (Å²) in [7, 11) is 0. The number of amides is 1. The normalized spacial score (nSPS) is 23.5. The minimum Gasteiger partial charge on any atom is -0.444 e. The first-order chi connectivity index (χ1) is 6.88. The highest BCUT2D eigenvalue weighted by atomic mass is 16.6. The third-order valence-corrected chi connectivity index (χ3v) is 2.50. The van der Waals surface area contributed by atoms with E-state index in [2.05, 4.69) is 5.73 Å². The number of carbonyl (C=O) groups excluding carboxylic acids is 1. The van der Waals surface area contributed by atoms with Gasteiger partial charge in [-0.3, -0.25) is 0 Å². The van der Waals surface area contributed by atoms with Gasteiger partial charge in [-0.2, -0.15) is 0 Å². The van der Waals surface area contributed by atoms with Crippen molar-refractivity contribution in [1.29, 1.82) is 0 Å². The largest absolute Gasteiger partial charge is 0.444 e. The van der Waals surface area contributed by atoms with E-state index in [4.69, 9.17) is 4.74 Å². The smallest absolute Gasteiger partial charge is 0.410 e. The van der Waals surface area contributed by atoms with Crippen LogP contribution in [0, 0.1) is 0 Å². The molecular formula is C11H23N2O2+. The summed E-state index contributed by atoms with van der Waals surface area (Å²) in [6.07, 6.45) is 2.95. The summed E-state index contributed by atoms with van der Waals surface area (Å²) in [5.41, 5.74) is 3.65. The molecule has 1 fully saturated rings. The molecule has 0 spiro atoms. The van der Waals surface area contributed by atoms with E-state index in [-0.39, 0.29) is 6.09 Å². The van der Waals surface area contributed by atoms with Crippen molar-refractivity contribution in [2.45, 2.75) is 51.7 Å². The lowest BCUT2D eigenvalue weighted by molar-refractivity contribution is -0.421. The molecule has 4 heteroatoms. The Kier molecular flexibility index (Phi) is 3.97. The van der Waals surface area contributed by atoms with Crippen LogP contribution in [0.5, 0.6) is 0 Å². The Hall–Kier alpha value is -0.770. The fraction of sp³-hybridized carbons (Fsp3) is 0.909. The van der Waals surface area contributed by atoms with Gasteiger partial charge in [-0.1, -0.05) is 0 Å². The van der Waals surface area contributed by atoms with Gasteiger partial charge in [0, 0.05) is 25.9 Å². The summed E-state index contributed by atoms with van der Waals surface area (Å²) in [6, 6.07) is 0.484. The summed E-state index contributed by atoms with van der Waals surface area (Å²) in [6.45, 7) is 7.27. The van der Waals surface area contributed by atoms with Crippen molar-refractivity contribution < 1.29 is 15.3 Å². The number of rotatable bonds is 0. The van der Waals surface area contributed by atoms with Crippen LogP contribution in [0.25, 0.3) is 0 Å². The van der Waals surface area contributed by atoms with Gasteiger partial charge in [0.15, 0.2) is 0 Å². The Balaban J connectivity index is 2.45. The lowest BCUT2D eigenvalue weighted by Gasteiger charge is -2.26. The molecule has 1 aliphatic rings. The van der Waals surface area contributed by atoms with Gasteiger partial charge < -0.3 is 15.4 Å². The Morgan fingerprint density at radius 2 is 2.00 bits per heavy atom. The van der Waals surface area contributed by atoms with Crippen molar-refractivity contribution in [2.75, 3.05) is 13.1 Å². The van der Waals surface area contributed by atoms with E-state index in [1.807, 2.05) is 20.8 Å². The molecule has 1 amide bonds. The van der Waals surface area contributed by atoms with Gasteiger partial charge in [-0.15, -0.1) is 0 Å². The van der Waals surface area contributed by atoms with E-state index in [0.29, 0.717) is 6.04 Å². The number of carbonyl (C=O) groups is 1. The van der Waals surface area contributed by atoms with Crippen LogP contribution in [-0.4, -0.2) is 35.7 Å². The minimum absolute atomic E-state index is 0.184. The van der Waals surface area contributed by atoms with Gasteiger partial charge in [0.05, 0.1) is 6.04 Å². The van der Waals surface area contributed by atoms with Crippen LogP contribution < -0.4 is 5.73 Å². The Bertz CT molecular complexity index is 223. The van der Waals surface area contributed by atoms with Crippen molar-refractivity contribution in [3.63, 3.8) is 0 Å². The highest BCUT2D eigenvalue weighted by Gasteiger charge is 2.24. The average molecular weight is 215 g/mol. The molecule has 3 N–H and O–H groups in total. The van der Waals surface area contributed by atoms with E-state index in [9.17, 15) is 4.79 Å². The molecular weight excluding hydrogens is 192 g/mol. The standard InChI is InChI=1S/C11H22N2O2/c1-11(2,3)15-10(14)13-7-4-5-9(12)6-8-13/h9H,4-8,12H2,1-3H3/p+1/t9-/m1/s1. The molecule has 0 aliphatic carbocycles. The summed E-state index contributed by atoms with van der Waals surface area (Å²) >= 11 is 0. The quantitative estimate of drug-likeness (QED) is 0.656. The summed E-state index contributed by atoms with van der Waals surface area (Å²) in [5.74, 6) is 0. The first kappa shape index (κ1) is 12.3. The van der Waals surface area contributed by atoms with Crippen molar-refractivity contribution in [2.24, 2.45) is 0 Å². The topological polar surface area (TPSA) is 57.2 Å². The lowest BCUT2D eigenvalue weighted by atomic mass is 10.1. The molecule has 0 aromatic heterocycles. The van der Waals surface area contributed by atoms with Crippen molar-refractivity contribution in [1.82, 2.24) is 4.90 Å². The van der Waals surface area contributed by atoms with Crippen molar-refractivity contribution in [3.8, 4) is 0 Å². The summed E-state index contributed by atoms with van der Waals surface area (Å²) in [4.78, 5) is 13.6. The second kappa shape index (κ2) is 4.84. The number of ether oxygens (including phenoxy) is 1. The van der Waals surface area contributed by atoms with E-state index in [1.165, 1.54) is 0 Å². The van der Waals surface area contributed by atoms with Gasteiger partial charge in [0.2, 0.25) is 0 Å². The predicted octanol–water partition coefficient (Wildman–Crippen LogP) is 1.02. The van der Waals surface area contributed by atoms with Gasteiger partial charge in [0.1, 0.15) is 5.60 Å². The highest BCUT2D eigenvalue weighted by molar-refractivity contribution is 5.68. The number of hydrogen-bond acceptors (Lipinski definition) is 2. The van der Waals surface area contributed by atoms with Crippen LogP contribution in [0.15, 0.2) is 0 Å². The second-order valence-electron chi connectivity index (χ2n) is 5.26. The molecule has 0 radical (unpaired) electrons.